The molecule has 0 aromatic heterocycles. The SMILES string of the molecule is CNC1[C@H](O[C@@H]2C(COC(=O)c3cc(N)ccc3O)O[C@@H](O[C@@H]3C(COC(=O)c4cc(N)ccc4O)O[C@@H](O)C(NC)[C@@H]3O)C(NC)[C@@H]2O)OC(COC(=O)c2cc(N)ccc2O)[C@@H](O)[C@H]1O. The van der Waals surface area contributed by atoms with E-state index in [0.29, 0.717) is 0 Å². The van der Waals surface area contributed by atoms with E-state index in [2.05, 4.69) is 16.0 Å². The number of hydrogen-bond donors (Lipinski definition) is 14. The van der Waals surface area contributed by atoms with E-state index in [9.17, 15) is 55.2 Å². The standard InChI is InChI=1S/C42H56N6O19/c1-46-28-33(54)35(26(63-40(28)59)14-61-38(57)20-11-17(44)5-8-23(20)50)66-42-30(48-3)34(55)36(27(65-42)15-62-39(58)21-12-18(45)6-9-24(21)51)67-41-29(47-2)32(53)31(52)25(64-41)13-60-37(56)19-10-16(43)4-7-22(19)49/h4-12,25-36,40-42,46-55,59H,13-15,43-45H2,1-3H3/t25?,26?,27?,28?,29?,30?,31-,32+,33+,34+,35-,36-,40-,41+,42+/m1/s1. The molecule has 0 radical (unpaired) electrons. The van der Waals surface area contributed by atoms with Crippen molar-refractivity contribution in [3.63, 3.8) is 0 Å². The number of esters is 3. The number of phenols is 3. The number of nitrogen functional groups attached to an aromatic ring is 3. The molecule has 3 aliphatic heterocycles. The molecule has 0 spiro atoms. The maximum absolute atomic E-state index is 13.4. The van der Waals surface area contributed by atoms with Gasteiger partial charge in [-0.05, 0) is 75.7 Å². The maximum Gasteiger partial charge on any atom is 0.342 e. The van der Waals surface area contributed by atoms with Gasteiger partial charge in [-0.15, -0.1) is 0 Å². The van der Waals surface area contributed by atoms with Crippen LogP contribution in [0.3, 0.4) is 0 Å². The Hall–Kier alpha value is -5.65. The van der Waals surface area contributed by atoms with Crippen molar-refractivity contribution >= 4 is 35.0 Å². The first-order chi connectivity index (χ1) is 31.9. The number of nitrogens with two attached hydrogens (primary N) is 3. The van der Waals surface area contributed by atoms with Crippen LogP contribution in [0, 0.1) is 0 Å². The number of ether oxygens (including phenoxy) is 8. The molecule has 3 aliphatic rings. The number of carbonyl (C=O) groups excluding carboxylic acids is 3. The third-order valence-corrected chi connectivity index (χ3v) is 11.5. The molecule has 0 amide bonds. The normalized spacial score (nSPS) is 32.0. The molecule has 6 rings (SSSR count). The van der Waals surface area contributed by atoms with Crippen molar-refractivity contribution in [2.24, 2.45) is 0 Å². The number of nitrogens with one attached hydrogen (secondary N) is 3. The van der Waals surface area contributed by atoms with Crippen LogP contribution in [0.15, 0.2) is 54.6 Å². The Morgan fingerprint density at radius 1 is 0.507 bits per heavy atom. The second-order valence-corrected chi connectivity index (χ2v) is 15.9. The third kappa shape index (κ3) is 11.4. The first-order valence-corrected chi connectivity index (χ1v) is 20.8. The molecule has 3 saturated heterocycles. The molecular formula is C42H56N6O19. The van der Waals surface area contributed by atoms with Gasteiger partial charge in [0.05, 0.1) is 18.1 Å². The summed E-state index contributed by atoms with van der Waals surface area (Å²) in [5, 5.41) is 96.0. The van der Waals surface area contributed by atoms with E-state index in [1.807, 2.05) is 0 Å². The summed E-state index contributed by atoms with van der Waals surface area (Å²) in [4.78, 5) is 39.3. The van der Waals surface area contributed by atoms with E-state index >= 15 is 0 Å². The summed E-state index contributed by atoms with van der Waals surface area (Å²) in [5.74, 6) is -4.52. The summed E-state index contributed by atoms with van der Waals surface area (Å²) in [5.41, 5.74) is 16.9. The van der Waals surface area contributed by atoms with E-state index in [0.717, 1.165) is 6.07 Å². The van der Waals surface area contributed by atoms with Crippen LogP contribution in [0.1, 0.15) is 31.1 Å². The number of anilines is 3. The molecule has 17 N–H and O–H groups in total. The summed E-state index contributed by atoms with van der Waals surface area (Å²) in [7, 11) is 4.24. The summed E-state index contributed by atoms with van der Waals surface area (Å²) in [6, 6.07) is 7.36. The van der Waals surface area contributed by atoms with Gasteiger partial charge < -0.3 is 112 Å². The Kier molecular flexibility index (Phi) is 16.6. The lowest BCUT2D eigenvalue weighted by atomic mass is 9.94. The molecule has 3 fully saturated rings. The molecule has 25 heteroatoms. The molecule has 0 bridgehead atoms. The molecular weight excluding hydrogens is 892 g/mol. The van der Waals surface area contributed by atoms with Crippen LogP contribution in [-0.2, 0) is 37.9 Å². The van der Waals surface area contributed by atoms with Gasteiger partial charge in [-0.2, -0.15) is 0 Å². The molecule has 3 aromatic carbocycles. The third-order valence-electron chi connectivity index (χ3n) is 11.5. The molecule has 3 aromatic rings. The van der Waals surface area contributed by atoms with Gasteiger partial charge in [-0.3, -0.25) is 0 Å². The van der Waals surface area contributed by atoms with Crippen LogP contribution in [0.25, 0.3) is 0 Å². The molecule has 0 aliphatic carbocycles. The number of hydrogen-bond acceptors (Lipinski definition) is 25. The van der Waals surface area contributed by atoms with Gasteiger partial charge in [-0.25, -0.2) is 14.4 Å². The van der Waals surface area contributed by atoms with E-state index in [-0.39, 0.29) is 33.8 Å². The van der Waals surface area contributed by atoms with Crippen LogP contribution >= 0.6 is 0 Å². The number of aliphatic hydroxyl groups excluding tert-OH is 5. The largest absolute Gasteiger partial charge is 0.507 e. The number of rotatable bonds is 16. The highest BCUT2D eigenvalue weighted by atomic mass is 16.7. The van der Waals surface area contributed by atoms with Crippen LogP contribution in [0.5, 0.6) is 17.2 Å². The van der Waals surface area contributed by atoms with Crippen molar-refractivity contribution in [3.05, 3.63) is 71.3 Å². The Morgan fingerprint density at radius 2 is 0.851 bits per heavy atom. The summed E-state index contributed by atoms with van der Waals surface area (Å²) in [6.45, 7) is -2.10. The molecule has 25 nitrogen and oxygen atoms in total. The summed E-state index contributed by atoms with van der Waals surface area (Å²) < 4.78 is 47.0. The monoisotopic (exact) mass is 948 g/mol. The molecule has 15 atom stereocenters. The average molecular weight is 949 g/mol. The predicted molar refractivity (Wildman–Crippen MR) is 229 cm³/mol. The van der Waals surface area contributed by atoms with Crippen LogP contribution in [0.2, 0.25) is 0 Å². The summed E-state index contributed by atoms with van der Waals surface area (Å²) >= 11 is 0. The fraction of sp³-hybridized carbons (Fsp3) is 0.500. The van der Waals surface area contributed by atoms with Gasteiger partial charge in [0, 0.05) is 17.1 Å². The highest BCUT2D eigenvalue weighted by Gasteiger charge is 2.54. The second-order valence-electron chi connectivity index (χ2n) is 15.9. The van der Waals surface area contributed by atoms with Crippen molar-refractivity contribution in [3.8, 4) is 17.2 Å². The van der Waals surface area contributed by atoms with Gasteiger partial charge in [0.2, 0.25) is 0 Å². The fourth-order valence-corrected chi connectivity index (χ4v) is 7.86. The molecule has 6 unspecified atom stereocenters. The molecule has 0 saturated carbocycles. The predicted octanol–water partition coefficient (Wildman–Crippen LogP) is -3.43. The second kappa shape index (κ2) is 22.0. The van der Waals surface area contributed by atoms with Crippen LogP contribution < -0.4 is 33.2 Å². The minimum Gasteiger partial charge on any atom is -0.507 e. The van der Waals surface area contributed by atoms with E-state index < -0.39 is 147 Å². The Balaban J connectivity index is 1.27. The minimum atomic E-state index is -1.73. The first-order valence-electron chi connectivity index (χ1n) is 20.8. The number of likely N-dealkylation sites (N-methyl/N-ethyl adjacent to an activating group) is 3. The molecule has 67 heavy (non-hydrogen) atoms. The lowest BCUT2D eigenvalue weighted by molar-refractivity contribution is -0.351. The smallest absolute Gasteiger partial charge is 0.342 e. The highest BCUT2D eigenvalue weighted by Crippen LogP contribution is 2.34. The number of phenolic OH excluding ortho intramolecular Hbond substituents is 3. The average Bonchev–Trinajstić information content (AvgIpc) is 3.29. The van der Waals surface area contributed by atoms with Crippen LogP contribution in [-0.4, -0.2) is 192 Å². The summed E-state index contributed by atoms with van der Waals surface area (Å²) in [6.07, 6.45) is -19.1. The van der Waals surface area contributed by atoms with Gasteiger partial charge in [0.25, 0.3) is 0 Å². The zero-order valence-electron chi connectivity index (χ0n) is 36.3. The van der Waals surface area contributed by atoms with Crippen molar-refractivity contribution in [1.29, 1.82) is 0 Å². The first kappa shape index (κ1) is 50.8. The van der Waals surface area contributed by atoms with Crippen molar-refractivity contribution in [2.75, 3.05) is 58.2 Å². The lowest BCUT2D eigenvalue weighted by Crippen LogP contribution is -2.70. The van der Waals surface area contributed by atoms with Crippen molar-refractivity contribution in [1.82, 2.24) is 16.0 Å². The quantitative estimate of drug-likeness (QED) is 0.0287. The number of aliphatic hydroxyl groups is 5. The molecule has 3 heterocycles. The molecule has 368 valence electrons. The maximum atomic E-state index is 13.4. The topological polar surface area (TPSA) is 401 Å². The van der Waals surface area contributed by atoms with E-state index in [1.54, 1.807) is 0 Å². The fourth-order valence-electron chi connectivity index (χ4n) is 7.86. The van der Waals surface area contributed by atoms with Gasteiger partial charge >= 0.3 is 17.9 Å². The van der Waals surface area contributed by atoms with Gasteiger partial charge in [0.15, 0.2) is 18.9 Å². The Labute approximate surface area is 382 Å². The van der Waals surface area contributed by atoms with E-state index in [1.165, 1.54) is 69.7 Å². The van der Waals surface area contributed by atoms with Crippen LogP contribution in [0.4, 0.5) is 17.1 Å². The zero-order valence-corrected chi connectivity index (χ0v) is 36.3. The minimum absolute atomic E-state index is 0.113. The number of benzene rings is 3. The Morgan fingerprint density at radius 3 is 1.25 bits per heavy atom. The number of aromatic hydroxyl groups is 3. The van der Waals surface area contributed by atoms with Crippen molar-refractivity contribution in [2.45, 2.75) is 91.9 Å². The highest BCUT2D eigenvalue weighted by molar-refractivity contribution is 5.94. The zero-order chi connectivity index (χ0) is 48.9. The van der Waals surface area contributed by atoms with E-state index in [4.69, 9.17) is 55.1 Å². The lowest BCUT2D eigenvalue weighted by Gasteiger charge is -2.50. The van der Waals surface area contributed by atoms with Gasteiger partial charge in [0.1, 0.15) is 109 Å². The van der Waals surface area contributed by atoms with Gasteiger partial charge in [-0.1, -0.05) is 0 Å². The van der Waals surface area contributed by atoms with Crippen molar-refractivity contribution < 1.29 is 93.1 Å². The Bertz CT molecular complexity index is 2210. The number of carbonyl (C=O) groups is 3.